The zero-order valence-corrected chi connectivity index (χ0v) is 11.2. The van der Waals surface area contributed by atoms with E-state index >= 15 is 0 Å². The van der Waals surface area contributed by atoms with Crippen LogP contribution in [0.5, 0.6) is 0 Å². The fourth-order valence-electron chi connectivity index (χ4n) is 1.68. The normalized spacial score (nSPS) is 15.1. The highest BCUT2D eigenvalue weighted by Crippen LogP contribution is 2.35. The van der Waals surface area contributed by atoms with Crippen molar-refractivity contribution < 1.29 is 4.39 Å². The molecule has 0 aliphatic rings. The molecule has 0 radical (unpaired) electrons. The summed E-state index contributed by atoms with van der Waals surface area (Å²) in [4.78, 5) is 1.04. The van der Waals surface area contributed by atoms with Crippen LogP contribution in [0, 0.1) is 0 Å². The van der Waals surface area contributed by atoms with Crippen molar-refractivity contribution in [3.63, 3.8) is 0 Å². The second-order valence-corrected chi connectivity index (χ2v) is 6.01. The number of nitrogens with one attached hydrogen (secondary N) is 1. The van der Waals surface area contributed by atoms with Crippen LogP contribution in [0.4, 0.5) is 4.39 Å². The number of benzene rings is 1. The van der Waals surface area contributed by atoms with Gasteiger partial charge in [0, 0.05) is 22.3 Å². The Morgan fingerprint density at radius 1 is 1.38 bits per heavy atom. The first-order valence-corrected chi connectivity index (χ1v) is 6.45. The zero-order valence-electron chi connectivity index (χ0n) is 10.4. The van der Waals surface area contributed by atoms with E-state index in [4.69, 9.17) is 0 Å². The minimum absolute atomic E-state index is 0.336. The highest BCUT2D eigenvalue weighted by molar-refractivity contribution is 8.00. The molecule has 0 saturated carbocycles. The smallest absolute Gasteiger partial charge is 0.146 e. The van der Waals surface area contributed by atoms with Gasteiger partial charge in [0.15, 0.2) is 0 Å². The third-order valence-electron chi connectivity index (χ3n) is 2.32. The molecule has 0 bridgehead atoms. The van der Waals surface area contributed by atoms with Gasteiger partial charge in [-0.05, 0) is 20.0 Å². The molecule has 3 heteroatoms. The van der Waals surface area contributed by atoms with Gasteiger partial charge in [-0.25, -0.2) is 4.39 Å². The van der Waals surface area contributed by atoms with E-state index in [0.717, 1.165) is 10.5 Å². The molecule has 0 aromatic heterocycles. The number of alkyl halides is 1. The Bertz CT molecular complexity index is 336. The van der Waals surface area contributed by atoms with Gasteiger partial charge in [0.05, 0.1) is 0 Å². The molecule has 0 aliphatic heterocycles. The quantitative estimate of drug-likeness (QED) is 0.791. The first-order chi connectivity index (χ1) is 7.47. The third-order valence-corrected chi connectivity index (χ3v) is 3.40. The highest BCUT2D eigenvalue weighted by atomic mass is 32.2. The van der Waals surface area contributed by atoms with E-state index in [1.807, 2.05) is 24.3 Å². The number of halogens is 1. The lowest BCUT2D eigenvalue weighted by Gasteiger charge is -2.23. The Hall–Kier alpha value is -0.540. The van der Waals surface area contributed by atoms with Crippen molar-refractivity contribution in [1.82, 2.24) is 5.32 Å². The fraction of sp³-hybridized carbons (Fsp3) is 0.538. The van der Waals surface area contributed by atoms with E-state index < -0.39 is 5.67 Å². The Kier molecular flexibility index (Phi) is 4.81. The summed E-state index contributed by atoms with van der Waals surface area (Å²) in [6, 6.07) is 7.73. The minimum Gasteiger partial charge on any atom is -0.316 e. The number of hydrogen-bond donors (Lipinski definition) is 1. The second-order valence-electron chi connectivity index (χ2n) is 4.39. The lowest BCUT2D eigenvalue weighted by molar-refractivity contribution is 0.187. The van der Waals surface area contributed by atoms with Gasteiger partial charge in [-0.1, -0.05) is 32.0 Å². The van der Waals surface area contributed by atoms with Gasteiger partial charge in [-0.15, -0.1) is 11.8 Å². The van der Waals surface area contributed by atoms with E-state index in [0.29, 0.717) is 11.8 Å². The fourth-order valence-corrected chi connectivity index (χ4v) is 2.75. The standard InChI is InChI=1S/C13H20FNS/c1-10(2)16-12-8-6-5-7-11(12)13(3,14)9-15-4/h5-8,10,15H,9H2,1-4H3. The van der Waals surface area contributed by atoms with Gasteiger partial charge >= 0.3 is 0 Å². The third kappa shape index (κ3) is 3.49. The number of thioether (sulfide) groups is 1. The molecule has 16 heavy (non-hydrogen) atoms. The molecule has 1 aromatic carbocycles. The summed E-state index contributed by atoms with van der Waals surface area (Å²) in [5, 5.41) is 3.37. The van der Waals surface area contributed by atoms with Crippen LogP contribution in [0.25, 0.3) is 0 Å². The Morgan fingerprint density at radius 2 is 2.00 bits per heavy atom. The molecule has 1 rings (SSSR count). The molecule has 0 saturated heterocycles. The molecule has 1 atom stereocenters. The van der Waals surface area contributed by atoms with Crippen LogP contribution in [-0.4, -0.2) is 18.8 Å². The Labute approximate surface area is 102 Å². The lowest BCUT2D eigenvalue weighted by Crippen LogP contribution is -2.30. The van der Waals surface area contributed by atoms with E-state index in [1.165, 1.54) is 0 Å². The summed E-state index contributed by atoms with van der Waals surface area (Å²) in [7, 11) is 1.77. The largest absolute Gasteiger partial charge is 0.316 e. The molecular weight excluding hydrogens is 221 g/mol. The number of rotatable bonds is 5. The zero-order chi connectivity index (χ0) is 12.2. The summed E-state index contributed by atoms with van der Waals surface area (Å²) in [6.45, 7) is 6.20. The first-order valence-electron chi connectivity index (χ1n) is 5.57. The topological polar surface area (TPSA) is 12.0 Å². The molecular formula is C13H20FNS. The van der Waals surface area contributed by atoms with Crippen LogP contribution in [-0.2, 0) is 5.67 Å². The van der Waals surface area contributed by atoms with Gasteiger partial charge < -0.3 is 5.32 Å². The van der Waals surface area contributed by atoms with Gasteiger partial charge in [-0.2, -0.15) is 0 Å². The van der Waals surface area contributed by atoms with Crippen molar-refractivity contribution in [2.45, 2.75) is 36.6 Å². The van der Waals surface area contributed by atoms with Crippen molar-refractivity contribution >= 4 is 11.8 Å². The molecule has 0 heterocycles. The van der Waals surface area contributed by atoms with Crippen LogP contribution in [0.1, 0.15) is 26.3 Å². The predicted molar refractivity (Wildman–Crippen MR) is 69.8 cm³/mol. The average molecular weight is 241 g/mol. The van der Waals surface area contributed by atoms with E-state index in [2.05, 4.69) is 19.2 Å². The summed E-state index contributed by atoms with van der Waals surface area (Å²) in [5.41, 5.74) is -0.532. The average Bonchev–Trinajstić information content (AvgIpc) is 2.17. The lowest BCUT2D eigenvalue weighted by atomic mass is 9.98. The van der Waals surface area contributed by atoms with Crippen molar-refractivity contribution in [2.24, 2.45) is 0 Å². The first kappa shape index (κ1) is 13.5. The van der Waals surface area contributed by atoms with E-state index in [9.17, 15) is 4.39 Å². The predicted octanol–water partition coefficient (Wildman–Crippen LogP) is 3.59. The molecule has 0 amide bonds. The summed E-state index contributed by atoms with van der Waals surface area (Å²) in [5.74, 6) is 0. The molecule has 90 valence electrons. The molecule has 1 N–H and O–H groups in total. The Balaban J connectivity index is 3.02. The van der Waals surface area contributed by atoms with E-state index in [1.54, 1.807) is 25.7 Å². The highest BCUT2D eigenvalue weighted by Gasteiger charge is 2.27. The summed E-state index contributed by atoms with van der Waals surface area (Å²) in [6.07, 6.45) is 0. The maximum atomic E-state index is 14.5. The van der Waals surface area contributed by atoms with Gasteiger partial charge in [-0.3, -0.25) is 0 Å². The van der Waals surface area contributed by atoms with Crippen LogP contribution < -0.4 is 5.32 Å². The maximum absolute atomic E-state index is 14.5. The van der Waals surface area contributed by atoms with Crippen LogP contribution in [0.3, 0.4) is 0 Å². The van der Waals surface area contributed by atoms with Gasteiger partial charge in [0.1, 0.15) is 5.67 Å². The molecule has 0 aliphatic carbocycles. The number of likely N-dealkylation sites (N-methyl/N-ethyl adjacent to an activating group) is 1. The SMILES string of the molecule is CNCC(C)(F)c1ccccc1SC(C)C. The molecule has 0 spiro atoms. The van der Waals surface area contributed by atoms with Gasteiger partial charge in [0.25, 0.3) is 0 Å². The monoisotopic (exact) mass is 241 g/mol. The van der Waals surface area contributed by atoms with Crippen LogP contribution in [0.15, 0.2) is 29.2 Å². The van der Waals surface area contributed by atoms with Crippen LogP contribution in [0.2, 0.25) is 0 Å². The van der Waals surface area contributed by atoms with Crippen molar-refractivity contribution in [2.75, 3.05) is 13.6 Å². The minimum atomic E-state index is -1.31. The van der Waals surface area contributed by atoms with Crippen LogP contribution >= 0.6 is 11.8 Å². The van der Waals surface area contributed by atoms with Gasteiger partial charge in [0.2, 0.25) is 0 Å². The summed E-state index contributed by atoms with van der Waals surface area (Å²) < 4.78 is 14.5. The van der Waals surface area contributed by atoms with Crippen molar-refractivity contribution in [3.05, 3.63) is 29.8 Å². The van der Waals surface area contributed by atoms with Crippen molar-refractivity contribution in [3.8, 4) is 0 Å². The second kappa shape index (κ2) is 5.69. The van der Waals surface area contributed by atoms with E-state index in [-0.39, 0.29) is 0 Å². The number of hydrogen-bond acceptors (Lipinski definition) is 2. The molecule has 1 nitrogen and oxygen atoms in total. The summed E-state index contributed by atoms with van der Waals surface area (Å²) >= 11 is 1.71. The van der Waals surface area contributed by atoms with Crippen molar-refractivity contribution in [1.29, 1.82) is 0 Å². The molecule has 1 aromatic rings. The molecule has 0 fully saturated rings. The Morgan fingerprint density at radius 3 is 2.56 bits per heavy atom. The maximum Gasteiger partial charge on any atom is 0.146 e. The molecule has 1 unspecified atom stereocenters.